The smallest absolute Gasteiger partial charge is 0.233 e. The highest BCUT2D eigenvalue weighted by atomic mass is 32.1. The van der Waals surface area contributed by atoms with E-state index in [0.717, 1.165) is 29.5 Å². The number of aromatic nitrogens is 3. The Morgan fingerprint density at radius 3 is 2.88 bits per heavy atom. The summed E-state index contributed by atoms with van der Waals surface area (Å²) in [7, 11) is 1.57. The van der Waals surface area contributed by atoms with Crippen molar-refractivity contribution in [2.45, 2.75) is 13.5 Å². The Kier molecular flexibility index (Phi) is 4.00. The number of thiazole rings is 1. The first-order chi connectivity index (χ1) is 8.33. The molecule has 0 amide bonds. The van der Waals surface area contributed by atoms with E-state index in [1.807, 2.05) is 11.4 Å². The molecular weight excluding hydrogens is 236 g/mol. The van der Waals surface area contributed by atoms with Gasteiger partial charge in [-0.1, -0.05) is 6.92 Å². The van der Waals surface area contributed by atoms with Gasteiger partial charge in [0, 0.05) is 18.0 Å². The van der Waals surface area contributed by atoms with Gasteiger partial charge in [0.1, 0.15) is 10.7 Å². The van der Waals surface area contributed by atoms with E-state index in [4.69, 9.17) is 4.74 Å². The lowest BCUT2D eigenvalue weighted by molar-refractivity contribution is 0.392. The van der Waals surface area contributed by atoms with Gasteiger partial charge in [-0.3, -0.25) is 0 Å². The van der Waals surface area contributed by atoms with Crippen LogP contribution in [0, 0.1) is 0 Å². The first-order valence-corrected chi connectivity index (χ1v) is 6.24. The monoisotopic (exact) mass is 250 g/mol. The summed E-state index contributed by atoms with van der Waals surface area (Å²) < 4.78 is 4.96. The number of ether oxygens (including phenoxy) is 1. The maximum Gasteiger partial charge on any atom is 0.233 e. The number of rotatable bonds is 5. The quantitative estimate of drug-likeness (QED) is 0.875. The minimum Gasteiger partial charge on any atom is -0.480 e. The zero-order valence-electron chi connectivity index (χ0n) is 9.80. The molecule has 17 heavy (non-hydrogen) atoms. The van der Waals surface area contributed by atoms with Crippen molar-refractivity contribution in [1.29, 1.82) is 0 Å². The van der Waals surface area contributed by atoms with Crippen molar-refractivity contribution < 1.29 is 4.74 Å². The summed E-state index contributed by atoms with van der Waals surface area (Å²) in [6.45, 7) is 3.80. The van der Waals surface area contributed by atoms with Crippen LogP contribution in [0.15, 0.2) is 17.5 Å². The molecule has 0 saturated carbocycles. The third kappa shape index (κ3) is 2.98. The molecule has 0 aromatic carbocycles. The largest absolute Gasteiger partial charge is 0.480 e. The Morgan fingerprint density at radius 2 is 2.24 bits per heavy atom. The fraction of sp³-hybridized carbons (Fsp3) is 0.364. The van der Waals surface area contributed by atoms with Gasteiger partial charge in [0.2, 0.25) is 5.88 Å². The third-order valence-corrected chi connectivity index (χ3v) is 3.09. The van der Waals surface area contributed by atoms with E-state index in [1.165, 1.54) is 0 Å². The molecule has 0 saturated heterocycles. The molecule has 1 N–H and O–H groups in total. The van der Waals surface area contributed by atoms with Crippen LogP contribution in [0.1, 0.15) is 12.6 Å². The van der Waals surface area contributed by atoms with E-state index in [0.29, 0.717) is 5.88 Å². The molecule has 2 aromatic heterocycles. The standard InChI is InChI=1S/C11H14N4OS/c1-3-12-6-8-7-17-11(13-8)9-4-5-10(16-2)15-14-9/h4-5,7,12H,3,6H2,1-2H3. The Balaban J connectivity index is 2.12. The fourth-order valence-electron chi connectivity index (χ4n) is 1.30. The van der Waals surface area contributed by atoms with Crippen LogP contribution >= 0.6 is 11.3 Å². The lowest BCUT2D eigenvalue weighted by Gasteiger charge is -1.98. The minimum atomic E-state index is 0.512. The molecule has 0 aliphatic rings. The molecule has 0 unspecified atom stereocenters. The molecule has 2 rings (SSSR count). The van der Waals surface area contributed by atoms with Crippen LogP contribution in [0.5, 0.6) is 5.88 Å². The lowest BCUT2D eigenvalue weighted by atomic mass is 10.4. The highest BCUT2D eigenvalue weighted by molar-refractivity contribution is 7.13. The van der Waals surface area contributed by atoms with Gasteiger partial charge in [-0.25, -0.2) is 4.98 Å². The van der Waals surface area contributed by atoms with Crippen molar-refractivity contribution in [3.63, 3.8) is 0 Å². The minimum absolute atomic E-state index is 0.512. The second-order valence-electron chi connectivity index (χ2n) is 3.39. The second-order valence-corrected chi connectivity index (χ2v) is 4.24. The van der Waals surface area contributed by atoms with Gasteiger partial charge in [0.25, 0.3) is 0 Å². The number of methoxy groups -OCH3 is 1. The van der Waals surface area contributed by atoms with Crippen molar-refractivity contribution in [2.75, 3.05) is 13.7 Å². The maximum atomic E-state index is 4.96. The molecule has 2 heterocycles. The normalized spacial score (nSPS) is 10.5. The van der Waals surface area contributed by atoms with Gasteiger partial charge in [0.15, 0.2) is 0 Å². The predicted octanol–water partition coefficient (Wildman–Crippen LogP) is 1.72. The molecule has 0 bridgehead atoms. The second kappa shape index (κ2) is 5.70. The molecule has 0 aliphatic heterocycles. The first kappa shape index (κ1) is 11.9. The van der Waals surface area contributed by atoms with Crippen molar-refractivity contribution in [3.05, 3.63) is 23.2 Å². The molecule has 5 nitrogen and oxygen atoms in total. The van der Waals surface area contributed by atoms with Crippen LogP contribution in [0.25, 0.3) is 10.7 Å². The van der Waals surface area contributed by atoms with E-state index in [-0.39, 0.29) is 0 Å². The highest BCUT2D eigenvalue weighted by Crippen LogP contribution is 2.22. The summed E-state index contributed by atoms with van der Waals surface area (Å²) in [5.41, 5.74) is 1.81. The maximum absolute atomic E-state index is 4.96. The third-order valence-electron chi connectivity index (χ3n) is 2.18. The first-order valence-electron chi connectivity index (χ1n) is 5.36. The van der Waals surface area contributed by atoms with Crippen molar-refractivity contribution >= 4 is 11.3 Å². The molecule has 0 aliphatic carbocycles. The van der Waals surface area contributed by atoms with Crippen LogP contribution in [0.3, 0.4) is 0 Å². The molecule has 6 heteroatoms. The Labute approximate surface area is 104 Å². The fourth-order valence-corrected chi connectivity index (χ4v) is 2.09. The Hall–Kier alpha value is -1.53. The van der Waals surface area contributed by atoms with E-state index in [1.54, 1.807) is 24.5 Å². The van der Waals surface area contributed by atoms with E-state index < -0.39 is 0 Å². The van der Waals surface area contributed by atoms with Crippen molar-refractivity contribution in [3.8, 4) is 16.6 Å². The molecule has 0 spiro atoms. The van der Waals surface area contributed by atoms with Crippen LogP contribution < -0.4 is 10.1 Å². The van der Waals surface area contributed by atoms with Crippen LogP contribution in [-0.4, -0.2) is 28.8 Å². The number of nitrogens with one attached hydrogen (secondary N) is 1. The average molecular weight is 250 g/mol. The van der Waals surface area contributed by atoms with Crippen LogP contribution in [0.2, 0.25) is 0 Å². The van der Waals surface area contributed by atoms with Gasteiger partial charge in [-0.15, -0.1) is 21.5 Å². The molecule has 0 radical (unpaired) electrons. The molecule has 0 fully saturated rings. The average Bonchev–Trinajstić information content (AvgIpc) is 2.85. The van der Waals surface area contributed by atoms with Gasteiger partial charge in [-0.05, 0) is 12.6 Å². The van der Waals surface area contributed by atoms with E-state index in [2.05, 4.69) is 27.4 Å². The zero-order valence-corrected chi connectivity index (χ0v) is 10.6. The van der Waals surface area contributed by atoms with Gasteiger partial charge in [-0.2, -0.15) is 0 Å². The van der Waals surface area contributed by atoms with E-state index >= 15 is 0 Å². The summed E-state index contributed by atoms with van der Waals surface area (Å²) in [5.74, 6) is 0.512. The molecule has 2 aromatic rings. The lowest BCUT2D eigenvalue weighted by Crippen LogP contribution is -2.11. The summed E-state index contributed by atoms with van der Waals surface area (Å²) in [6.07, 6.45) is 0. The van der Waals surface area contributed by atoms with Gasteiger partial charge in [0.05, 0.1) is 12.8 Å². The number of hydrogen-bond acceptors (Lipinski definition) is 6. The molecule has 0 atom stereocenters. The van der Waals surface area contributed by atoms with Gasteiger partial charge < -0.3 is 10.1 Å². The number of hydrogen-bond donors (Lipinski definition) is 1. The summed E-state index contributed by atoms with van der Waals surface area (Å²) in [5, 5.41) is 14.1. The summed E-state index contributed by atoms with van der Waals surface area (Å²) in [4.78, 5) is 4.49. The SMILES string of the molecule is CCNCc1csc(-c2ccc(OC)nn2)n1. The summed E-state index contributed by atoms with van der Waals surface area (Å²) >= 11 is 1.57. The zero-order chi connectivity index (χ0) is 12.1. The molecular formula is C11H14N4OS. The Morgan fingerprint density at radius 1 is 1.35 bits per heavy atom. The van der Waals surface area contributed by atoms with Crippen LogP contribution in [0.4, 0.5) is 0 Å². The summed E-state index contributed by atoms with van der Waals surface area (Å²) in [6, 6.07) is 3.65. The highest BCUT2D eigenvalue weighted by Gasteiger charge is 2.06. The van der Waals surface area contributed by atoms with Crippen molar-refractivity contribution in [2.24, 2.45) is 0 Å². The van der Waals surface area contributed by atoms with E-state index in [9.17, 15) is 0 Å². The Bertz CT molecular complexity index is 469. The number of nitrogens with zero attached hydrogens (tertiary/aromatic N) is 3. The predicted molar refractivity (Wildman–Crippen MR) is 67.1 cm³/mol. The van der Waals surface area contributed by atoms with Gasteiger partial charge >= 0.3 is 0 Å². The topological polar surface area (TPSA) is 59.9 Å². The van der Waals surface area contributed by atoms with Crippen LogP contribution in [-0.2, 0) is 6.54 Å². The van der Waals surface area contributed by atoms with Crippen molar-refractivity contribution in [1.82, 2.24) is 20.5 Å². The molecule has 90 valence electrons.